The summed E-state index contributed by atoms with van der Waals surface area (Å²) in [5.41, 5.74) is 2.08. The fourth-order valence-electron chi connectivity index (χ4n) is 1.89. The zero-order valence-electron chi connectivity index (χ0n) is 9.22. The zero-order chi connectivity index (χ0) is 11.8. The van der Waals surface area contributed by atoms with Crippen molar-refractivity contribution in [3.63, 3.8) is 0 Å². The number of aryl methyl sites for hydroxylation is 1. The molecular formula is C12H10BrN3O. The minimum Gasteiger partial charge on any atom is -0.422 e. The van der Waals surface area contributed by atoms with E-state index in [1.165, 1.54) is 0 Å². The average molecular weight is 292 g/mol. The number of benzene rings is 1. The topological polar surface area (TPSA) is 43.3 Å². The first-order chi connectivity index (χ1) is 8.29. The highest BCUT2D eigenvalue weighted by atomic mass is 79.9. The Hall–Kier alpha value is -1.62. The second-order valence-electron chi connectivity index (χ2n) is 3.67. The first kappa shape index (κ1) is 10.5. The third-order valence-corrected chi connectivity index (χ3v) is 2.97. The van der Waals surface area contributed by atoms with Gasteiger partial charge in [-0.2, -0.15) is 9.50 Å². The van der Waals surface area contributed by atoms with Gasteiger partial charge in [0.2, 0.25) is 4.73 Å². The van der Waals surface area contributed by atoms with Crippen LogP contribution in [0, 0.1) is 0 Å². The Balaban J connectivity index is 2.26. The summed E-state index contributed by atoms with van der Waals surface area (Å²) in [6.07, 6.45) is 0.840. The number of rotatable bonds is 2. The van der Waals surface area contributed by atoms with Crippen LogP contribution in [0.25, 0.3) is 17.2 Å². The second kappa shape index (κ2) is 4.00. The molecule has 1 aromatic carbocycles. The molecule has 17 heavy (non-hydrogen) atoms. The van der Waals surface area contributed by atoms with Crippen molar-refractivity contribution in [2.24, 2.45) is 0 Å². The minimum atomic E-state index is 0.521. The summed E-state index contributed by atoms with van der Waals surface area (Å²) in [6.45, 7) is 2.08. The fraction of sp³-hybridized carbons (Fsp3) is 0.167. The van der Waals surface area contributed by atoms with Gasteiger partial charge in [0.15, 0.2) is 5.76 Å². The molecule has 3 rings (SSSR count). The molecule has 3 aromatic rings. The summed E-state index contributed by atoms with van der Waals surface area (Å²) in [5, 5.41) is 4.26. The highest BCUT2D eigenvalue weighted by Gasteiger charge is 2.17. The summed E-state index contributed by atoms with van der Waals surface area (Å²) in [6, 6.07) is 10.0. The third-order valence-electron chi connectivity index (χ3n) is 2.63. The van der Waals surface area contributed by atoms with Crippen LogP contribution in [0.2, 0.25) is 0 Å². The number of fused-ring (bicyclic) bond motifs is 1. The molecule has 0 N–H and O–H groups in total. The molecule has 0 radical (unpaired) electrons. The average Bonchev–Trinajstić information content (AvgIpc) is 2.85. The van der Waals surface area contributed by atoms with Gasteiger partial charge in [0, 0.05) is 5.56 Å². The number of aromatic nitrogens is 3. The van der Waals surface area contributed by atoms with E-state index >= 15 is 0 Å². The van der Waals surface area contributed by atoms with Gasteiger partial charge in [-0.3, -0.25) is 0 Å². The Morgan fingerprint density at radius 2 is 2.06 bits per heavy atom. The Kier molecular flexibility index (Phi) is 2.48. The molecule has 0 unspecified atom stereocenters. The van der Waals surface area contributed by atoms with Crippen LogP contribution in [0.1, 0.15) is 12.6 Å². The molecule has 2 heterocycles. The van der Waals surface area contributed by atoms with E-state index in [9.17, 15) is 0 Å². The Bertz CT molecular complexity index is 657. The predicted octanol–water partition coefficient (Wildman–Crippen LogP) is 3.31. The van der Waals surface area contributed by atoms with Gasteiger partial charge >= 0.3 is 5.84 Å². The molecule has 0 saturated carbocycles. The number of halogens is 1. The van der Waals surface area contributed by atoms with Gasteiger partial charge in [0.1, 0.15) is 0 Å². The molecule has 0 aliphatic heterocycles. The van der Waals surface area contributed by atoms with E-state index in [2.05, 4.69) is 32.9 Å². The SMILES string of the molecule is CCc1c(-c2ccccc2)oc2nc(Br)nn12. The molecule has 2 aromatic heterocycles. The standard InChI is InChI=1S/C12H10BrN3O/c1-2-9-10(8-6-4-3-5-7-8)17-12-14-11(13)15-16(9)12/h3-7H,2H2,1H3. The van der Waals surface area contributed by atoms with Gasteiger partial charge in [0.25, 0.3) is 0 Å². The molecule has 0 spiro atoms. The van der Waals surface area contributed by atoms with Crippen molar-refractivity contribution in [2.75, 3.05) is 0 Å². The van der Waals surface area contributed by atoms with Crippen LogP contribution in [-0.2, 0) is 6.42 Å². The van der Waals surface area contributed by atoms with E-state index in [-0.39, 0.29) is 0 Å². The van der Waals surface area contributed by atoms with Crippen LogP contribution in [0.15, 0.2) is 39.5 Å². The fourth-order valence-corrected chi connectivity index (χ4v) is 2.20. The minimum absolute atomic E-state index is 0.521. The molecule has 0 aliphatic rings. The lowest BCUT2D eigenvalue weighted by molar-refractivity contribution is 0.607. The second-order valence-corrected chi connectivity index (χ2v) is 4.38. The highest BCUT2D eigenvalue weighted by Crippen LogP contribution is 2.27. The Morgan fingerprint density at radius 1 is 1.29 bits per heavy atom. The van der Waals surface area contributed by atoms with Crippen molar-refractivity contribution in [1.82, 2.24) is 14.6 Å². The van der Waals surface area contributed by atoms with Crippen molar-refractivity contribution >= 4 is 21.8 Å². The molecular weight excluding hydrogens is 282 g/mol. The van der Waals surface area contributed by atoms with E-state index < -0.39 is 0 Å². The van der Waals surface area contributed by atoms with Gasteiger partial charge < -0.3 is 4.42 Å². The maximum Gasteiger partial charge on any atom is 0.326 e. The summed E-state index contributed by atoms with van der Waals surface area (Å²) in [5.74, 6) is 1.36. The van der Waals surface area contributed by atoms with Gasteiger partial charge in [-0.05, 0) is 22.4 Å². The van der Waals surface area contributed by atoms with Crippen molar-refractivity contribution in [1.29, 1.82) is 0 Å². The smallest absolute Gasteiger partial charge is 0.326 e. The number of oxazole rings is 1. The van der Waals surface area contributed by atoms with E-state index in [4.69, 9.17) is 4.42 Å². The molecule has 5 heteroatoms. The zero-order valence-corrected chi connectivity index (χ0v) is 10.8. The lowest BCUT2D eigenvalue weighted by atomic mass is 10.1. The predicted molar refractivity (Wildman–Crippen MR) is 67.8 cm³/mol. The summed E-state index contributed by atoms with van der Waals surface area (Å²) in [7, 11) is 0. The molecule has 4 nitrogen and oxygen atoms in total. The van der Waals surface area contributed by atoms with Crippen molar-refractivity contribution in [3.05, 3.63) is 40.8 Å². The Labute approximate surface area is 106 Å². The molecule has 0 atom stereocenters. The monoisotopic (exact) mass is 291 g/mol. The first-order valence-corrected chi connectivity index (χ1v) is 6.18. The first-order valence-electron chi connectivity index (χ1n) is 5.39. The summed E-state index contributed by atoms with van der Waals surface area (Å²) >= 11 is 3.24. The van der Waals surface area contributed by atoms with E-state index in [0.717, 1.165) is 23.4 Å². The quantitative estimate of drug-likeness (QED) is 0.727. The van der Waals surface area contributed by atoms with Crippen LogP contribution in [-0.4, -0.2) is 14.6 Å². The van der Waals surface area contributed by atoms with Crippen LogP contribution in [0.4, 0.5) is 0 Å². The van der Waals surface area contributed by atoms with Gasteiger partial charge in [-0.15, -0.1) is 5.10 Å². The van der Waals surface area contributed by atoms with E-state index in [0.29, 0.717) is 10.6 Å². The van der Waals surface area contributed by atoms with Crippen LogP contribution in [0.3, 0.4) is 0 Å². The third kappa shape index (κ3) is 1.67. The maximum absolute atomic E-state index is 5.76. The van der Waals surface area contributed by atoms with Crippen molar-refractivity contribution in [2.45, 2.75) is 13.3 Å². The summed E-state index contributed by atoms with van der Waals surface area (Å²) < 4.78 is 8.05. The van der Waals surface area contributed by atoms with Gasteiger partial charge in [0.05, 0.1) is 5.69 Å². The van der Waals surface area contributed by atoms with Crippen molar-refractivity contribution in [3.8, 4) is 11.3 Å². The lowest BCUT2D eigenvalue weighted by Crippen LogP contribution is -1.93. The van der Waals surface area contributed by atoms with E-state index in [1.54, 1.807) is 4.52 Å². The molecule has 0 bridgehead atoms. The molecule has 0 amide bonds. The summed E-state index contributed by atoms with van der Waals surface area (Å²) in [4.78, 5) is 4.17. The Morgan fingerprint density at radius 3 is 2.76 bits per heavy atom. The molecule has 0 fully saturated rings. The maximum atomic E-state index is 5.76. The molecule has 0 aliphatic carbocycles. The largest absolute Gasteiger partial charge is 0.422 e. The van der Waals surface area contributed by atoms with Gasteiger partial charge in [-0.25, -0.2) is 0 Å². The van der Waals surface area contributed by atoms with Crippen LogP contribution in [0.5, 0.6) is 0 Å². The highest BCUT2D eigenvalue weighted by molar-refractivity contribution is 9.10. The van der Waals surface area contributed by atoms with E-state index in [1.807, 2.05) is 30.3 Å². The number of nitrogens with zero attached hydrogens (tertiary/aromatic N) is 3. The van der Waals surface area contributed by atoms with Crippen molar-refractivity contribution < 1.29 is 4.42 Å². The number of hydrogen-bond donors (Lipinski definition) is 0. The van der Waals surface area contributed by atoms with Gasteiger partial charge in [-0.1, -0.05) is 37.3 Å². The molecule has 86 valence electrons. The lowest BCUT2D eigenvalue weighted by Gasteiger charge is -1.98. The number of hydrogen-bond acceptors (Lipinski definition) is 3. The van der Waals surface area contributed by atoms with Crippen LogP contribution < -0.4 is 0 Å². The van der Waals surface area contributed by atoms with Crippen LogP contribution >= 0.6 is 15.9 Å². The molecule has 0 saturated heterocycles. The normalized spacial score (nSPS) is 11.2.